The van der Waals surface area contributed by atoms with Gasteiger partial charge in [-0.05, 0) is 67.1 Å². The van der Waals surface area contributed by atoms with E-state index in [1.54, 1.807) is 28.9 Å². The molecule has 1 amide bonds. The van der Waals surface area contributed by atoms with Gasteiger partial charge in [0, 0.05) is 11.4 Å². The Morgan fingerprint density at radius 2 is 1.67 bits per heavy atom. The highest BCUT2D eigenvalue weighted by atomic mass is 16.5. The molecule has 0 saturated carbocycles. The van der Waals surface area contributed by atoms with Gasteiger partial charge in [-0.2, -0.15) is 5.10 Å². The fraction of sp³-hybridized carbons (Fsp3) is 0.125. The van der Waals surface area contributed by atoms with Crippen LogP contribution in [0.2, 0.25) is 0 Å². The molecule has 6 nitrogen and oxygen atoms in total. The van der Waals surface area contributed by atoms with E-state index in [0.717, 1.165) is 27.8 Å². The zero-order chi connectivity index (χ0) is 21.1. The highest BCUT2D eigenvalue weighted by Gasteiger charge is 2.12. The molecule has 1 heterocycles. The molecule has 4 aromatic rings. The number of hydrogen-bond acceptors (Lipinski definition) is 4. The van der Waals surface area contributed by atoms with E-state index < -0.39 is 11.9 Å². The molecule has 1 aromatic heterocycles. The SMILES string of the molecule is Cc1cc(C)n(-c2ccc(C(=O)OCC(=O)Nc3ccc4ccccc4c3)cc2)n1. The second-order valence-electron chi connectivity index (χ2n) is 7.07. The monoisotopic (exact) mass is 399 g/mol. The largest absolute Gasteiger partial charge is 0.452 e. The van der Waals surface area contributed by atoms with E-state index in [4.69, 9.17) is 4.74 Å². The number of ether oxygens (including phenoxy) is 1. The number of rotatable bonds is 5. The molecule has 0 radical (unpaired) electrons. The maximum Gasteiger partial charge on any atom is 0.338 e. The van der Waals surface area contributed by atoms with Gasteiger partial charge in [0.05, 0.1) is 16.9 Å². The van der Waals surface area contributed by atoms with E-state index in [-0.39, 0.29) is 6.61 Å². The number of aromatic nitrogens is 2. The second kappa shape index (κ2) is 8.21. The molecule has 150 valence electrons. The third-order valence-electron chi connectivity index (χ3n) is 4.72. The smallest absolute Gasteiger partial charge is 0.338 e. The maximum absolute atomic E-state index is 12.3. The van der Waals surface area contributed by atoms with Crippen molar-refractivity contribution in [2.75, 3.05) is 11.9 Å². The first-order valence-electron chi connectivity index (χ1n) is 9.59. The van der Waals surface area contributed by atoms with Gasteiger partial charge in [0.25, 0.3) is 5.91 Å². The van der Waals surface area contributed by atoms with Crippen molar-refractivity contribution in [3.63, 3.8) is 0 Å². The molecule has 4 rings (SSSR count). The number of carbonyl (C=O) groups excluding carboxylic acids is 2. The van der Waals surface area contributed by atoms with E-state index >= 15 is 0 Å². The van der Waals surface area contributed by atoms with Crippen LogP contribution in [0, 0.1) is 13.8 Å². The minimum Gasteiger partial charge on any atom is -0.452 e. The maximum atomic E-state index is 12.3. The number of carbonyl (C=O) groups is 2. The molecular formula is C24H21N3O3. The highest BCUT2D eigenvalue weighted by Crippen LogP contribution is 2.19. The molecule has 0 bridgehead atoms. The third kappa shape index (κ3) is 4.22. The van der Waals surface area contributed by atoms with Crippen LogP contribution in [0.25, 0.3) is 16.5 Å². The van der Waals surface area contributed by atoms with Crippen molar-refractivity contribution >= 4 is 28.3 Å². The van der Waals surface area contributed by atoms with Gasteiger partial charge in [0.2, 0.25) is 0 Å². The van der Waals surface area contributed by atoms with Crippen molar-refractivity contribution in [3.8, 4) is 5.69 Å². The first-order chi connectivity index (χ1) is 14.5. The predicted molar refractivity (Wildman–Crippen MR) is 116 cm³/mol. The van der Waals surface area contributed by atoms with Crippen molar-refractivity contribution in [1.82, 2.24) is 9.78 Å². The summed E-state index contributed by atoms with van der Waals surface area (Å²) in [6.07, 6.45) is 0. The molecule has 0 saturated heterocycles. The number of nitrogens with one attached hydrogen (secondary N) is 1. The number of amides is 1. The number of esters is 1. The van der Waals surface area contributed by atoms with Crippen LogP contribution in [0.1, 0.15) is 21.7 Å². The van der Waals surface area contributed by atoms with Crippen LogP contribution < -0.4 is 5.32 Å². The summed E-state index contributed by atoms with van der Waals surface area (Å²) in [5.41, 5.74) is 3.82. The van der Waals surface area contributed by atoms with Crippen molar-refractivity contribution in [2.24, 2.45) is 0 Å². The van der Waals surface area contributed by atoms with E-state index in [2.05, 4.69) is 10.4 Å². The molecule has 0 spiro atoms. The lowest BCUT2D eigenvalue weighted by atomic mass is 10.1. The van der Waals surface area contributed by atoms with Gasteiger partial charge in [-0.25, -0.2) is 9.48 Å². The lowest BCUT2D eigenvalue weighted by molar-refractivity contribution is -0.119. The number of benzene rings is 3. The van der Waals surface area contributed by atoms with Gasteiger partial charge in [-0.15, -0.1) is 0 Å². The molecule has 6 heteroatoms. The molecule has 1 N–H and O–H groups in total. The first-order valence-corrected chi connectivity index (χ1v) is 9.59. The van der Waals surface area contributed by atoms with Crippen molar-refractivity contribution < 1.29 is 14.3 Å². The van der Waals surface area contributed by atoms with Crippen LogP contribution in [-0.4, -0.2) is 28.3 Å². The fourth-order valence-corrected chi connectivity index (χ4v) is 3.31. The molecule has 0 atom stereocenters. The number of anilines is 1. The number of nitrogens with zero attached hydrogens (tertiary/aromatic N) is 2. The normalized spacial score (nSPS) is 10.7. The Morgan fingerprint density at radius 1 is 0.933 bits per heavy atom. The highest BCUT2D eigenvalue weighted by molar-refractivity contribution is 5.97. The quantitative estimate of drug-likeness (QED) is 0.504. The summed E-state index contributed by atoms with van der Waals surface area (Å²) in [5.74, 6) is -0.943. The lowest BCUT2D eigenvalue weighted by Gasteiger charge is -2.08. The Morgan fingerprint density at radius 3 is 2.37 bits per heavy atom. The van der Waals surface area contributed by atoms with E-state index in [9.17, 15) is 9.59 Å². The topological polar surface area (TPSA) is 73.2 Å². The zero-order valence-corrected chi connectivity index (χ0v) is 16.8. The Kier molecular flexibility index (Phi) is 5.30. The van der Waals surface area contributed by atoms with Crippen molar-refractivity contribution in [2.45, 2.75) is 13.8 Å². The van der Waals surface area contributed by atoms with Crippen molar-refractivity contribution in [1.29, 1.82) is 0 Å². The van der Waals surface area contributed by atoms with Crippen LogP contribution in [0.4, 0.5) is 5.69 Å². The van der Waals surface area contributed by atoms with Gasteiger partial charge >= 0.3 is 5.97 Å². The van der Waals surface area contributed by atoms with E-state index in [0.29, 0.717) is 11.3 Å². The molecule has 0 fully saturated rings. The van der Waals surface area contributed by atoms with Gasteiger partial charge < -0.3 is 10.1 Å². The molecule has 0 unspecified atom stereocenters. The molecule has 0 aliphatic rings. The van der Waals surface area contributed by atoms with Crippen LogP contribution >= 0.6 is 0 Å². The number of fused-ring (bicyclic) bond motifs is 1. The molecular weight excluding hydrogens is 378 g/mol. The summed E-state index contributed by atoms with van der Waals surface area (Å²) in [5, 5.41) is 9.29. The standard InChI is InChI=1S/C24H21N3O3/c1-16-13-17(2)27(26-16)22-11-8-19(9-12-22)24(29)30-15-23(28)25-21-10-7-18-5-3-4-6-20(18)14-21/h3-14H,15H2,1-2H3,(H,25,28). The van der Waals surface area contributed by atoms with Crippen LogP contribution in [-0.2, 0) is 9.53 Å². The summed E-state index contributed by atoms with van der Waals surface area (Å²) >= 11 is 0. The third-order valence-corrected chi connectivity index (χ3v) is 4.72. The Labute approximate surface area is 174 Å². The zero-order valence-electron chi connectivity index (χ0n) is 16.8. The summed E-state index contributed by atoms with van der Waals surface area (Å²) in [6, 6.07) is 22.4. The Bertz CT molecular complexity index is 1230. The fourth-order valence-electron chi connectivity index (χ4n) is 3.31. The summed E-state index contributed by atoms with van der Waals surface area (Å²) in [4.78, 5) is 24.4. The first kappa shape index (κ1) is 19.4. The van der Waals surface area contributed by atoms with Gasteiger partial charge in [-0.3, -0.25) is 4.79 Å². The predicted octanol–water partition coefficient (Wildman–Crippen LogP) is 4.44. The molecule has 0 aliphatic carbocycles. The van der Waals surface area contributed by atoms with Crippen LogP contribution in [0.5, 0.6) is 0 Å². The molecule has 30 heavy (non-hydrogen) atoms. The minimum atomic E-state index is -0.552. The summed E-state index contributed by atoms with van der Waals surface area (Å²) < 4.78 is 6.96. The Balaban J connectivity index is 1.35. The van der Waals surface area contributed by atoms with E-state index in [1.165, 1.54) is 0 Å². The lowest BCUT2D eigenvalue weighted by Crippen LogP contribution is -2.20. The number of aryl methyl sites for hydroxylation is 2. The van der Waals surface area contributed by atoms with Gasteiger partial charge in [0.1, 0.15) is 0 Å². The van der Waals surface area contributed by atoms with E-state index in [1.807, 2.05) is 62.4 Å². The average molecular weight is 399 g/mol. The summed E-state index contributed by atoms with van der Waals surface area (Å²) in [6.45, 7) is 3.54. The molecule has 0 aliphatic heterocycles. The number of hydrogen-bond donors (Lipinski definition) is 1. The van der Waals surface area contributed by atoms with Gasteiger partial charge in [-0.1, -0.05) is 30.3 Å². The Hall–Kier alpha value is -3.93. The molecule has 3 aromatic carbocycles. The van der Waals surface area contributed by atoms with Crippen LogP contribution in [0.3, 0.4) is 0 Å². The average Bonchev–Trinajstić information content (AvgIpc) is 3.10. The summed E-state index contributed by atoms with van der Waals surface area (Å²) in [7, 11) is 0. The van der Waals surface area contributed by atoms with Crippen molar-refractivity contribution in [3.05, 3.63) is 89.7 Å². The van der Waals surface area contributed by atoms with Gasteiger partial charge in [0.15, 0.2) is 6.61 Å². The second-order valence-corrected chi connectivity index (χ2v) is 7.07. The van der Waals surface area contributed by atoms with Crippen LogP contribution in [0.15, 0.2) is 72.8 Å². The minimum absolute atomic E-state index is 0.356.